The smallest absolute Gasteiger partial charge is 0.325 e. The number of carbonyl (C=O) groups is 3. The van der Waals surface area contributed by atoms with Crippen LogP contribution in [0.4, 0.5) is 5.69 Å². The number of anilines is 1. The Morgan fingerprint density at radius 3 is 2.61 bits per heavy atom. The van der Waals surface area contributed by atoms with Gasteiger partial charge in [0.25, 0.3) is 0 Å². The Kier molecular flexibility index (Phi) is 6.36. The van der Waals surface area contributed by atoms with Crippen molar-refractivity contribution >= 4 is 35.2 Å². The van der Waals surface area contributed by atoms with Gasteiger partial charge in [0.2, 0.25) is 11.8 Å². The first kappa shape index (κ1) is 19.9. The average molecular weight is 398 g/mol. The number of fused-ring (bicyclic) bond motifs is 1. The van der Waals surface area contributed by atoms with E-state index in [0.29, 0.717) is 5.75 Å². The number of hydrogen-bond acceptors (Lipinski definition) is 5. The lowest BCUT2D eigenvalue weighted by Gasteiger charge is -2.31. The van der Waals surface area contributed by atoms with Crippen molar-refractivity contribution in [2.24, 2.45) is 0 Å². The van der Waals surface area contributed by atoms with Gasteiger partial charge in [-0.05, 0) is 30.2 Å². The second-order valence-electron chi connectivity index (χ2n) is 6.49. The van der Waals surface area contributed by atoms with Crippen molar-refractivity contribution in [3.05, 3.63) is 59.7 Å². The third-order valence-corrected chi connectivity index (χ3v) is 5.67. The Morgan fingerprint density at radius 1 is 1.14 bits per heavy atom. The predicted octanol–water partition coefficient (Wildman–Crippen LogP) is 2.64. The van der Waals surface area contributed by atoms with Gasteiger partial charge in [0.05, 0.1) is 18.6 Å². The van der Waals surface area contributed by atoms with E-state index in [1.165, 1.54) is 28.7 Å². The highest BCUT2D eigenvalue weighted by atomic mass is 32.2. The lowest BCUT2D eigenvalue weighted by Crippen LogP contribution is -2.46. The number of aryl methyl sites for hydroxylation is 1. The van der Waals surface area contributed by atoms with Gasteiger partial charge >= 0.3 is 5.97 Å². The summed E-state index contributed by atoms with van der Waals surface area (Å²) in [6.07, 6.45) is 0. The number of nitrogens with zero attached hydrogens (tertiary/aromatic N) is 2. The molecule has 28 heavy (non-hydrogen) atoms. The number of benzene rings is 2. The minimum Gasteiger partial charge on any atom is -0.468 e. The molecule has 3 rings (SSSR count). The Hall–Kier alpha value is -2.80. The molecular formula is C21H22N2O4S. The number of ether oxygens (including phenoxy) is 1. The fraction of sp³-hybridized carbons (Fsp3) is 0.286. The SMILES string of the molecule is COC(=O)CN(Cc1ccccc1C)C(=O)CN1C(=O)CSc2ccccc21. The van der Waals surface area contributed by atoms with Crippen molar-refractivity contribution in [2.75, 3.05) is 30.9 Å². The first-order chi connectivity index (χ1) is 13.5. The highest BCUT2D eigenvalue weighted by Gasteiger charge is 2.29. The fourth-order valence-electron chi connectivity index (χ4n) is 3.01. The molecule has 1 aliphatic rings. The van der Waals surface area contributed by atoms with Crippen LogP contribution >= 0.6 is 11.8 Å². The van der Waals surface area contributed by atoms with Crippen LogP contribution in [-0.4, -0.2) is 48.6 Å². The average Bonchev–Trinajstić information content (AvgIpc) is 2.71. The van der Waals surface area contributed by atoms with Crippen LogP contribution in [0, 0.1) is 6.92 Å². The minimum absolute atomic E-state index is 0.112. The standard InChI is InChI=1S/C21H22N2O4S/c1-15-7-3-4-8-16(15)11-22(13-21(26)27-2)19(24)12-23-17-9-5-6-10-18(17)28-14-20(23)25/h3-10H,11-14H2,1-2H3. The number of para-hydroxylation sites is 1. The van der Waals surface area contributed by atoms with Gasteiger partial charge in [-0.15, -0.1) is 11.8 Å². The predicted molar refractivity (Wildman–Crippen MR) is 108 cm³/mol. The van der Waals surface area contributed by atoms with Gasteiger partial charge in [0, 0.05) is 11.4 Å². The van der Waals surface area contributed by atoms with E-state index in [4.69, 9.17) is 4.74 Å². The topological polar surface area (TPSA) is 66.9 Å². The van der Waals surface area contributed by atoms with E-state index in [2.05, 4.69) is 0 Å². The molecule has 0 fully saturated rings. The molecule has 0 N–H and O–H groups in total. The molecule has 6 nitrogen and oxygen atoms in total. The van der Waals surface area contributed by atoms with Crippen molar-refractivity contribution < 1.29 is 19.1 Å². The van der Waals surface area contributed by atoms with Crippen molar-refractivity contribution in [3.63, 3.8) is 0 Å². The van der Waals surface area contributed by atoms with E-state index in [1.807, 2.05) is 55.5 Å². The van der Waals surface area contributed by atoms with Crippen LogP contribution in [0.3, 0.4) is 0 Å². The second kappa shape index (κ2) is 8.93. The summed E-state index contributed by atoms with van der Waals surface area (Å²) >= 11 is 1.46. The van der Waals surface area contributed by atoms with E-state index in [1.54, 1.807) is 0 Å². The van der Waals surface area contributed by atoms with Gasteiger partial charge in [-0.3, -0.25) is 14.4 Å². The zero-order chi connectivity index (χ0) is 20.1. The lowest BCUT2D eigenvalue weighted by atomic mass is 10.1. The molecule has 0 atom stereocenters. The summed E-state index contributed by atoms with van der Waals surface area (Å²) in [5, 5.41) is 0. The Balaban J connectivity index is 1.82. The minimum atomic E-state index is -0.497. The molecule has 0 saturated carbocycles. The Morgan fingerprint density at radius 2 is 1.86 bits per heavy atom. The van der Waals surface area contributed by atoms with Crippen LogP contribution in [0.2, 0.25) is 0 Å². The van der Waals surface area contributed by atoms with Gasteiger partial charge in [-0.2, -0.15) is 0 Å². The number of rotatable bonds is 6. The van der Waals surface area contributed by atoms with E-state index in [0.717, 1.165) is 21.7 Å². The molecule has 7 heteroatoms. The Labute approximate surface area is 168 Å². The quantitative estimate of drug-likeness (QED) is 0.700. The molecule has 0 aliphatic carbocycles. The molecule has 0 aromatic heterocycles. The van der Waals surface area contributed by atoms with E-state index in [9.17, 15) is 14.4 Å². The van der Waals surface area contributed by atoms with Gasteiger partial charge in [0.1, 0.15) is 13.1 Å². The summed E-state index contributed by atoms with van der Waals surface area (Å²) < 4.78 is 4.75. The zero-order valence-corrected chi connectivity index (χ0v) is 16.7. The molecule has 0 spiro atoms. The largest absolute Gasteiger partial charge is 0.468 e. The molecule has 0 bridgehead atoms. The Bertz CT molecular complexity index is 899. The number of hydrogen-bond donors (Lipinski definition) is 0. The zero-order valence-electron chi connectivity index (χ0n) is 15.9. The maximum absolute atomic E-state index is 13.1. The van der Waals surface area contributed by atoms with Gasteiger partial charge in [-0.1, -0.05) is 36.4 Å². The second-order valence-corrected chi connectivity index (χ2v) is 7.51. The highest BCUT2D eigenvalue weighted by Crippen LogP contribution is 2.34. The summed E-state index contributed by atoms with van der Waals surface area (Å²) in [5.41, 5.74) is 2.70. The number of esters is 1. The van der Waals surface area contributed by atoms with Crippen molar-refractivity contribution in [1.29, 1.82) is 0 Å². The number of thioether (sulfide) groups is 1. The molecule has 0 radical (unpaired) electrons. The third kappa shape index (κ3) is 4.54. The van der Waals surface area contributed by atoms with Crippen LogP contribution in [0.1, 0.15) is 11.1 Å². The van der Waals surface area contributed by atoms with Crippen molar-refractivity contribution in [2.45, 2.75) is 18.4 Å². The van der Waals surface area contributed by atoms with Gasteiger partial charge in [0.15, 0.2) is 0 Å². The maximum atomic E-state index is 13.1. The van der Waals surface area contributed by atoms with Gasteiger partial charge < -0.3 is 14.5 Å². The van der Waals surface area contributed by atoms with Crippen LogP contribution < -0.4 is 4.90 Å². The van der Waals surface area contributed by atoms with Crippen molar-refractivity contribution in [1.82, 2.24) is 4.90 Å². The van der Waals surface area contributed by atoms with Gasteiger partial charge in [-0.25, -0.2) is 0 Å². The van der Waals surface area contributed by atoms with E-state index < -0.39 is 5.97 Å². The molecule has 1 heterocycles. The first-order valence-electron chi connectivity index (χ1n) is 8.91. The van der Waals surface area contributed by atoms with Crippen LogP contribution in [0.15, 0.2) is 53.4 Å². The molecule has 0 unspecified atom stereocenters. The number of methoxy groups -OCH3 is 1. The van der Waals surface area contributed by atoms with E-state index in [-0.39, 0.29) is 31.4 Å². The number of carbonyl (C=O) groups excluding carboxylic acids is 3. The van der Waals surface area contributed by atoms with E-state index >= 15 is 0 Å². The molecule has 2 aromatic rings. The first-order valence-corrected chi connectivity index (χ1v) is 9.89. The molecule has 2 aromatic carbocycles. The summed E-state index contributed by atoms with van der Waals surface area (Å²) in [6.45, 7) is 1.96. The molecule has 2 amide bonds. The third-order valence-electron chi connectivity index (χ3n) is 4.62. The molecular weight excluding hydrogens is 376 g/mol. The van der Waals surface area contributed by atoms with Crippen LogP contribution in [0.25, 0.3) is 0 Å². The molecule has 146 valence electrons. The monoisotopic (exact) mass is 398 g/mol. The summed E-state index contributed by atoms with van der Waals surface area (Å²) in [5.74, 6) is -0.628. The van der Waals surface area contributed by atoms with Crippen molar-refractivity contribution in [3.8, 4) is 0 Å². The normalized spacial score (nSPS) is 13.1. The highest BCUT2D eigenvalue weighted by molar-refractivity contribution is 8.00. The number of amides is 2. The lowest BCUT2D eigenvalue weighted by molar-refractivity contribution is -0.147. The van der Waals surface area contributed by atoms with Crippen LogP contribution in [0.5, 0.6) is 0 Å². The molecule has 0 saturated heterocycles. The summed E-state index contributed by atoms with van der Waals surface area (Å²) in [7, 11) is 1.29. The maximum Gasteiger partial charge on any atom is 0.325 e. The fourth-order valence-corrected chi connectivity index (χ4v) is 3.94. The summed E-state index contributed by atoms with van der Waals surface area (Å²) in [6, 6.07) is 15.2. The molecule has 1 aliphatic heterocycles. The summed E-state index contributed by atoms with van der Waals surface area (Å²) in [4.78, 5) is 41.3. The van der Waals surface area contributed by atoms with Crippen LogP contribution in [-0.2, 0) is 25.7 Å².